The summed E-state index contributed by atoms with van der Waals surface area (Å²) in [4.78, 5) is 29.6. The predicted molar refractivity (Wildman–Crippen MR) is 49.3 cm³/mol. The summed E-state index contributed by atoms with van der Waals surface area (Å²) in [7, 11) is 0. The van der Waals surface area contributed by atoms with E-state index in [1.165, 1.54) is 0 Å². The lowest BCUT2D eigenvalue weighted by Gasteiger charge is -2.11. The van der Waals surface area contributed by atoms with Crippen molar-refractivity contribution < 1.29 is 19.7 Å². The van der Waals surface area contributed by atoms with Gasteiger partial charge in [-0.3, -0.25) is 25.0 Å². The standard InChI is InChI=1S/C8H6N2O6/c1-4-6(9(13)14)2-5(3-11)8(12)7(4)10(15)16/h2-3,12H,1H3/p-1. The van der Waals surface area contributed by atoms with Crippen LogP contribution in [0.25, 0.3) is 0 Å². The highest BCUT2D eigenvalue weighted by Gasteiger charge is 2.24. The second-order valence-corrected chi connectivity index (χ2v) is 2.92. The van der Waals surface area contributed by atoms with Crippen LogP contribution in [-0.2, 0) is 0 Å². The summed E-state index contributed by atoms with van der Waals surface area (Å²) in [5.74, 6) is -1.11. The van der Waals surface area contributed by atoms with E-state index in [1.54, 1.807) is 0 Å². The van der Waals surface area contributed by atoms with Crippen molar-refractivity contribution in [1.29, 1.82) is 0 Å². The van der Waals surface area contributed by atoms with E-state index in [0.717, 1.165) is 13.0 Å². The Kier molecular flexibility index (Phi) is 2.84. The van der Waals surface area contributed by atoms with Gasteiger partial charge in [0.15, 0.2) is 0 Å². The molecular formula is C8H5N2O6-. The van der Waals surface area contributed by atoms with Gasteiger partial charge in [0.05, 0.1) is 9.85 Å². The van der Waals surface area contributed by atoms with Gasteiger partial charge in [0.2, 0.25) is 0 Å². The van der Waals surface area contributed by atoms with Crippen molar-refractivity contribution in [3.63, 3.8) is 0 Å². The molecule has 0 spiro atoms. The maximum atomic E-state index is 11.3. The van der Waals surface area contributed by atoms with Crippen LogP contribution in [0.2, 0.25) is 0 Å². The van der Waals surface area contributed by atoms with E-state index in [1.807, 2.05) is 0 Å². The molecule has 16 heavy (non-hydrogen) atoms. The highest BCUT2D eigenvalue weighted by molar-refractivity contribution is 5.84. The molecule has 1 aromatic carbocycles. The van der Waals surface area contributed by atoms with Gasteiger partial charge in [0.25, 0.3) is 11.4 Å². The largest absolute Gasteiger partial charge is 0.867 e. The van der Waals surface area contributed by atoms with Crippen LogP contribution in [-0.4, -0.2) is 16.1 Å². The van der Waals surface area contributed by atoms with Crippen LogP contribution < -0.4 is 5.11 Å². The summed E-state index contributed by atoms with van der Waals surface area (Å²) in [6.07, 6.45) is 0.0573. The third-order valence-corrected chi connectivity index (χ3v) is 2.02. The second kappa shape index (κ2) is 3.93. The second-order valence-electron chi connectivity index (χ2n) is 2.92. The number of benzene rings is 1. The maximum Gasteiger partial charge on any atom is 0.279 e. The minimum Gasteiger partial charge on any atom is -0.867 e. The van der Waals surface area contributed by atoms with Gasteiger partial charge in [-0.15, -0.1) is 0 Å². The number of nitro benzene ring substituents is 2. The highest BCUT2D eigenvalue weighted by Crippen LogP contribution is 2.36. The highest BCUT2D eigenvalue weighted by atomic mass is 16.6. The van der Waals surface area contributed by atoms with E-state index >= 15 is 0 Å². The summed E-state index contributed by atoms with van der Waals surface area (Å²) >= 11 is 0. The van der Waals surface area contributed by atoms with E-state index in [4.69, 9.17) is 0 Å². The summed E-state index contributed by atoms with van der Waals surface area (Å²) in [6.45, 7) is 1.09. The van der Waals surface area contributed by atoms with E-state index in [0.29, 0.717) is 0 Å². The first-order chi connectivity index (χ1) is 7.40. The molecule has 8 heteroatoms. The van der Waals surface area contributed by atoms with Gasteiger partial charge in [-0.2, -0.15) is 0 Å². The molecule has 84 valence electrons. The molecule has 0 atom stereocenters. The lowest BCUT2D eigenvalue weighted by atomic mass is 10.1. The third-order valence-electron chi connectivity index (χ3n) is 2.02. The van der Waals surface area contributed by atoms with Gasteiger partial charge in [-0.25, -0.2) is 0 Å². The Bertz CT molecular complexity index is 496. The molecule has 0 bridgehead atoms. The molecule has 0 N–H and O–H groups in total. The van der Waals surface area contributed by atoms with E-state index in [9.17, 15) is 30.1 Å². The Morgan fingerprint density at radius 3 is 2.19 bits per heavy atom. The Morgan fingerprint density at radius 1 is 1.25 bits per heavy atom. The number of aldehydes is 1. The molecule has 0 fully saturated rings. The predicted octanol–water partition coefficient (Wildman–Crippen LogP) is 0.698. The van der Waals surface area contributed by atoms with Gasteiger partial charge in [0, 0.05) is 11.6 Å². The summed E-state index contributed by atoms with van der Waals surface area (Å²) in [5, 5.41) is 32.4. The molecule has 0 aromatic heterocycles. The molecule has 0 radical (unpaired) electrons. The van der Waals surface area contributed by atoms with Gasteiger partial charge in [0.1, 0.15) is 11.8 Å². The lowest BCUT2D eigenvalue weighted by molar-refractivity contribution is -0.404. The first kappa shape index (κ1) is 11.6. The number of rotatable bonds is 3. The van der Waals surface area contributed by atoms with Gasteiger partial charge in [-0.05, 0) is 12.7 Å². The zero-order chi connectivity index (χ0) is 12.5. The summed E-state index contributed by atoms with van der Waals surface area (Å²) < 4.78 is 0. The number of hydrogen-bond acceptors (Lipinski definition) is 6. The number of carbonyl (C=O) groups is 1. The molecule has 0 aliphatic heterocycles. The van der Waals surface area contributed by atoms with Crippen molar-refractivity contribution in [2.45, 2.75) is 6.92 Å². The van der Waals surface area contributed by atoms with Crippen molar-refractivity contribution in [3.05, 3.63) is 37.4 Å². The number of carbonyl (C=O) groups excluding carboxylic acids is 1. The number of hydrogen-bond donors (Lipinski definition) is 0. The fourth-order valence-electron chi connectivity index (χ4n) is 1.25. The lowest BCUT2D eigenvalue weighted by Crippen LogP contribution is -2.06. The molecule has 0 amide bonds. The van der Waals surface area contributed by atoms with Crippen molar-refractivity contribution >= 4 is 17.7 Å². The minimum absolute atomic E-state index is 0.0573. The van der Waals surface area contributed by atoms with Gasteiger partial charge >= 0.3 is 0 Å². The fraction of sp³-hybridized carbons (Fsp3) is 0.125. The van der Waals surface area contributed by atoms with E-state index < -0.39 is 32.5 Å². The average Bonchev–Trinajstić information content (AvgIpc) is 2.16. The van der Waals surface area contributed by atoms with Crippen LogP contribution in [0.4, 0.5) is 11.4 Å². The van der Waals surface area contributed by atoms with Crippen LogP contribution >= 0.6 is 0 Å². The topological polar surface area (TPSA) is 126 Å². The quantitative estimate of drug-likeness (QED) is 0.423. The normalized spacial score (nSPS) is 9.81. The van der Waals surface area contributed by atoms with Crippen LogP contribution in [0.5, 0.6) is 5.75 Å². The molecule has 0 unspecified atom stereocenters. The molecule has 0 saturated heterocycles. The van der Waals surface area contributed by atoms with Crippen molar-refractivity contribution in [1.82, 2.24) is 0 Å². The molecule has 0 saturated carbocycles. The summed E-state index contributed by atoms with van der Waals surface area (Å²) in [6, 6.07) is 0.734. The van der Waals surface area contributed by atoms with Crippen molar-refractivity contribution in [2.75, 3.05) is 0 Å². The van der Waals surface area contributed by atoms with E-state index in [2.05, 4.69) is 0 Å². The third kappa shape index (κ3) is 1.67. The van der Waals surface area contributed by atoms with Crippen LogP contribution in [0.3, 0.4) is 0 Å². The molecule has 0 aliphatic rings. The fourth-order valence-corrected chi connectivity index (χ4v) is 1.25. The maximum absolute atomic E-state index is 11.3. The average molecular weight is 225 g/mol. The van der Waals surface area contributed by atoms with Gasteiger partial charge in [-0.1, -0.05) is 0 Å². The number of nitrogens with zero attached hydrogens (tertiary/aromatic N) is 2. The van der Waals surface area contributed by atoms with Crippen molar-refractivity contribution in [3.8, 4) is 5.75 Å². The molecule has 0 aliphatic carbocycles. The molecule has 1 rings (SSSR count). The first-order valence-electron chi connectivity index (χ1n) is 3.98. The number of nitro groups is 2. The Balaban J connectivity index is 3.71. The Hall–Kier alpha value is -2.51. The monoisotopic (exact) mass is 225 g/mol. The van der Waals surface area contributed by atoms with Crippen molar-refractivity contribution in [2.24, 2.45) is 0 Å². The summed E-state index contributed by atoms with van der Waals surface area (Å²) in [5.41, 5.74) is -2.50. The van der Waals surface area contributed by atoms with E-state index in [-0.39, 0.29) is 11.8 Å². The molecular weight excluding hydrogens is 220 g/mol. The van der Waals surface area contributed by atoms with Gasteiger partial charge < -0.3 is 5.11 Å². The Morgan fingerprint density at radius 2 is 1.81 bits per heavy atom. The zero-order valence-corrected chi connectivity index (χ0v) is 8.00. The minimum atomic E-state index is -1.11. The zero-order valence-electron chi connectivity index (χ0n) is 8.00. The Labute approximate surface area is 88.4 Å². The van der Waals surface area contributed by atoms with Crippen LogP contribution in [0.15, 0.2) is 6.07 Å². The molecule has 0 heterocycles. The molecule has 8 nitrogen and oxygen atoms in total. The SMILES string of the molecule is Cc1c([N+](=O)[O-])cc(C=O)c([O-])c1[N+](=O)[O-]. The smallest absolute Gasteiger partial charge is 0.279 e. The molecule has 1 aromatic rings. The van der Waals surface area contributed by atoms with Crippen LogP contribution in [0, 0.1) is 27.2 Å². The van der Waals surface area contributed by atoms with Crippen LogP contribution in [0.1, 0.15) is 15.9 Å². The first-order valence-corrected chi connectivity index (χ1v) is 3.98.